The van der Waals surface area contributed by atoms with Crippen LogP contribution in [0.5, 0.6) is 0 Å². The summed E-state index contributed by atoms with van der Waals surface area (Å²) in [5.41, 5.74) is 0. The standard InChI is InChI=1S/C4H7BF3.K/c1-2-3-4-5(6,7)8;/h2H,1,3-4H2;/q-1;+1. The molecule has 0 unspecified atom stereocenters. The Morgan fingerprint density at radius 2 is 1.78 bits per heavy atom. The second-order valence-corrected chi connectivity index (χ2v) is 1.58. The molecule has 48 valence electrons. The van der Waals surface area contributed by atoms with E-state index in [1.807, 2.05) is 0 Å². The van der Waals surface area contributed by atoms with Crippen LogP contribution in [0.4, 0.5) is 12.9 Å². The Labute approximate surface area is 95.4 Å². The van der Waals surface area contributed by atoms with E-state index in [0.29, 0.717) is 0 Å². The van der Waals surface area contributed by atoms with Crippen molar-refractivity contribution in [2.75, 3.05) is 0 Å². The van der Waals surface area contributed by atoms with Gasteiger partial charge in [-0.2, -0.15) is 0 Å². The van der Waals surface area contributed by atoms with Gasteiger partial charge in [0.25, 0.3) is 0 Å². The molecular weight excluding hydrogens is 155 g/mol. The monoisotopic (exact) mass is 162 g/mol. The van der Waals surface area contributed by atoms with Gasteiger partial charge >= 0.3 is 58.4 Å². The van der Waals surface area contributed by atoms with Gasteiger partial charge in [0.05, 0.1) is 0 Å². The molecule has 9 heavy (non-hydrogen) atoms. The summed E-state index contributed by atoms with van der Waals surface area (Å²) >= 11 is 0. The van der Waals surface area contributed by atoms with Crippen LogP contribution in [0.1, 0.15) is 6.42 Å². The van der Waals surface area contributed by atoms with E-state index in [0.717, 1.165) is 0 Å². The second kappa shape index (κ2) is 5.98. The van der Waals surface area contributed by atoms with Crippen molar-refractivity contribution in [3.63, 3.8) is 0 Å². The molecule has 0 aliphatic carbocycles. The molecule has 0 saturated heterocycles. The van der Waals surface area contributed by atoms with Gasteiger partial charge in [0.15, 0.2) is 0 Å². The molecule has 0 aliphatic rings. The molecule has 0 aromatic rings. The van der Waals surface area contributed by atoms with Gasteiger partial charge in [0.1, 0.15) is 0 Å². The molecule has 0 nitrogen and oxygen atoms in total. The summed E-state index contributed by atoms with van der Waals surface area (Å²) in [4.78, 5) is 0. The van der Waals surface area contributed by atoms with Crippen molar-refractivity contribution in [2.24, 2.45) is 0 Å². The SMILES string of the molecule is C=CCC[B-](F)(F)F.[K+]. The normalized spacial score (nSPS) is 10.1. The Morgan fingerprint density at radius 3 is 1.89 bits per heavy atom. The van der Waals surface area contributed by atoms with Crippen molar-refractivity contribution in [3.8, 4) is 0 Å². The van der Waals surface area contributed by atoms with Gasteiger partial charge in [0, 0.05) is 0 Å². The molecule has 0 N–H and O–H groups in total. The Bertz CT molecular complexity index is 80.4. The number of halogens is 3. The third-order valence-electron chi connectivity index (χ3n) is 0.698. The maximum Gasteiger partial charge on any atom is 1.00 e. The van der Waals surface area contributed by atoms with Crippen LogP contribution in [0.3, 0.4) is 0 Å². The molecule has 0 spiro atoms. The second-order valence-electron chi connectivity index (χ2n) is 1.58. The summed E-state index contributed by atoms with van der Waals surface area (Å²) in [7, 11) is 0. The third kappa shape index (κ3) is 12.4. The summed E-state index contributed by atoms with van der Waals surface area (Å²) in [6.45, 7) is -1.40. The van der Waals surface area contributed by atoms with Crippen LogP contribution in [0, 0.1) is 0 Å². The fourth-order valence-electron chi connectivity index (χ4n) is 0.307. The average molecular weight is 162 g/mol. The largest absolute Gasteiger partial charge is 1.00 e. The first-order chi connectivity index (χ1) is 3.56. The van der Waals surface area contributed by atoms with Gasteiger partial charge in [-0.05, 0) is 0 Å². The third-order valence-corrected chi connectivity index (χ3v) is 0.698. The number of hydrogen-bond donors (Lipinski definition) is 0. The molecule has 0 saturated carbocycles. The summed E-state index contributed by atoms with van der Waals surface area (Å²) < 4.78 is 33.8. The molecular formula is C4H7BF3K. The average Bonchev–Trinajstić information content (AvgIpc) is 1.59. The minimum Gasteiger partial charge on any atom is -0.449 e. The minimum atomic E-state index is -4.57. The van der Waals surface area contributed by atoms with Gasteiger partial charge in [-0.1, -0.05) is 18.8 Å². The van der Waals surface area contributed by atoms with Crippen LogP contribution in [0.25, 0.3) is 0 Å². The Kier molecular flexibility index (Phi) is 8.54. The Hall–Kier alpha value is 1.23. The smallest absolute Gasteiger partial charge is 0.449 e. The number of hydrogen-bond acceptors (Lipinski definition) is 0. The van der Waals surface area contributed by atoms with Gasteiger partial charge < -0.3 is 12.9 Å². The maximum absolute atomic E-state index is 11.3. The van der Waals surface area contributed by atoms with Crippen LogP contribution in [0.2, 0.25) is 6.32 Å². The van der Waals surface area contributed by atoms with Crippen LogP contribution in [0.15, 0.2) is 12.7 Å². The van der Waals surface area contributed by atoms with E-state index in [1.54, 1.807) is 0 Å². The predicted molar refractivity (Wildman–Crippen MR) is 28.7 cm³/mol. The van der Waals surface area contributed by atoms with E-state index in [1.165, 1.54) is 6.08 Å². The molecule has 0 amide bonds. The minimum absolute atomic E-state index is 0. The molecule has 0 aromatic heterocycles. The molecule has 0 rings (SSSR count). The van der Waals surface area contributed by atoms with Crippen LogP contribution >= 0.6 is 0 Å². The van der Waals surface area contributed by atoms with Gasteiger partial charge in [-0.15, -0.1) is 6.58 Å². The topological polar surface area (TPSA) is 0 Å². The fraction of sp³-hybridized carbons (Fsp3) is 0.500. The van der Waals surface area contributed by atoms with Crippen molar-refractivity contribution in [1.29, 1.82) is 0 Å². The number of rotatable bonds is 3. The molecule has 5 heteroatoms. The van der Waals surface area contributed by atoms with E-state index in [9.17, 15) is 12.9 Å². The number of allylic oxidation sites excluding steroid dienone is 1. The summed E-state index contributed by atoms with van der Waals surface area (Å²) in [6.07, 6.45) is 0.627. The van der Waals surface area contributed by atoms with Crippen LogP contribution in [-0.2, 0) is 0 Å². The molecule has 0 bridgehead atoms. The summed E-state index contributed by atoms with van der Waals surface area (Å²) in [6, 6.07) is 0. The van der Waals surface area contributed by atoms with E-state index in [2.05, 4.69) is 6.58 Å². The van der Waals surface area contributed by atoms with Gasteiger partial charge in [-0.3, -0.25) is 0 Å². The quantitative estimate of drug-likeness (QED) is 0.384. The van der Waals surface area contributed by atoms with Gasteiger partial charge in [-0.25, -0.2) is 0 Å². The zero-order chi connectivity index (χ0) is 6.62. The molecule has 0 aromatic carbocycles. The predicted octanol–water partition coefficient (Wildman–Crippen LogP) is -0.586. The summed E-state index contributed by atoms with van der Waals surface area (Å²) in [5, 5.41) is 0. The molecule has 0 heterocycles. The van der Waals surface area contributed by atoms with E-state index >= 15 is 0 Å². The van der Waals surface area contributed by atoms with E-state index in [4.69, 9.17) is 0 Å². The molecule has 0 aliphatic heterocycles. The van der Waals surface area contributed by atoms with Crippen molar-refractivity contribution in [1.82, 2.24) is 0 Å². The molecule has 0 atom stereocenters. The van der Waals surface area contributed by atoms with Gasteiger partial charge in [0.2, 0.25) is 0 Å². The Morgan fingerprint density at radius 1 is 1.33 bits per heavy atom. The van der Waals surface area contributed by atoms with E-state index < -0.39 is 13.3 Å². The van der Waals surface area contributed by atoms with Crippen LogP contribution < -0.4 is 51.4 Å². The first kappa shape index (κ1) is 12.9. The molecule has 0 fully saturated rings. The maximum atomic E-state index is 11.3. The van der Waals surface area contributed by atoms with Crippen molar-refractivity contribution < 1.29 is 64.3 Å². The zero-order valence-electron chi connectivity index (χ0n) is 5.41. The first-order valence-electron chi connectivity index (χ1n) is 2.38. The van der Waals surface area contributed by atoms with Crippen molar-refractivity contribution >= 4 is 6.98 Å². The molecule has 0 radical (unpaired) electrons. The zero-order valence-corrected chi connectivity index (χ0v) is 8.53. The van der Waals surface area contributed by atoms with Crippen molar-refractivity contribution in [2.45, 2.75) is 12.7 Å². The van der Waals surface area contributed by atoms with Crippen LogP contribution in [-0.4, -0.2) is 6.98 Å². The van der Waals surface area contributed by atoms with E-state index in [-0.39, 0.29) is 57.8 Å². The fourth-order valence-corrected chi connectivity index (χ4v) is 0.307. The summed E-state index contributed by atoms with van der Waals surface area (Å²) in [5.74, 6) is 0. The Balaban J connectivity index is 0. The van der Waals surface area contributed by atoms with Crippen molar-refractivity contribution in [3.05, 3.63) is 12.7 Å². The first-order valence-corrected chi connectivity index (χ1v) is 2.38.